The van der Waals surface area contributed by atoms with E-state index in [1.807, 2.05) is 11.8 Å². The lowest BCUT2D eigenvalue weighted by molar-refractivity contribution is -0.142. The van der Waals surface area contributed by atoms with Crippen LogP contribution in [0.1, 0.15) is 39.5 Å². The molecule has 0 aromatic rings. The van der Waals surface area contributed by atoms with Crippen LogP contribution in [0.2, 0.25) is 0 Å². The third kappa shape index (κ3) is 3.51. The normalized spacial score (nSPS) is 22.8. The van der Waals surface area contributed by atoms with Crippen LogP contribution < -0.4 is 5.32 Å². The quantitative estimate of drug-likeness (QED) is 0.831. The molecule has 1 saturated heterocycles. The maximum Gasteiger partial charge on any atom is 0.234 e. The average molecular weight is 281 g/mol. The van der Waals surface area contributed by atoms with Crippen LogP contribution in [0.3, 0.4) is 0 Å². The van der Waals surface area contributed by atoms with Crippen molar-refractivity contribution in [3.8, 4) is 0 Å². The molecule has 0 radical (unpaired) electrons. The summed E-state index contributed by atoms with van der Waals surface area (Å²) in [6.45, 7) is 8.29. The standard InChI is InChI=1S/C15H27N3O2/c1-3-16-13(19)12-17-8-10-18(11-9-17)14(20)15(2)6-4-5-7-15/h3-12H2,1-2H3,(H,16,19). The first-order chi connectivity index (χ1) is 9.55. The molecular formula is C15H27N3O2. The van der Waals surface area contributed by atoms with Gasteiger partial charge in [0.15, 0.2) is 0 Å². The van der Waals surface area contributed by atoms with Crippen LogP contribution in [0.5, 0.6) is 0 Å². The second-order valence-corrected chi connectivity index (χ2v) is 6.29. The fraction of sp³-hybridized carbons (Fsp3) is 0.867. The van der Waals surface area contributed by atoms with Gasteiger partial charge in [-0.25, -0.2) is 0 Å². The summed E-state index contributed by atoms with van der Waals surface area (Å²) in [6.07, 6.45) is 4.43. The largest absolute Gasteiger partial charge is 0.355 e. The van der Waals surface area contributed by atoms with Gasteiger partial charge in [-0.15, -0.1) is 0 Å². The lowest BCUT2D eigenvalue weighted by Crippen LogP contribution is -2.53. The first kappa shape index (κ1) is 15.3. The highest BCUT2D eigenvalue weighted by Crippen LogP contribution is 2.39. The molecule has 1 N–H and O–H groups in total. The number of rotatable bonds is 4. The van der Waals surface area contributed by atoms with E-state index in [4.69, 9.17) is 0 Å². The number of hydrogen-bond acceptors (Lipinski definition) is 3. The predicted octanol–water partition coefficient (Wildman–Crippen LogP) is 0.847. The second kappa shape index (κ2) is 6.57. The highest BCUT2D eigenvalue weighted by Gasteiger charge is 2.39. The Kier molecular flexibility index (Phi) is 5.02. The molecule has 2 amide bonds. The van der Waals surface area contributed by atoms with Crippen LogP contribution in [0, 0.1) is 5.41 Å². The van der Waals surface area contributed by atoms with E-state index in [1.54, 1.807) is 0 Å². The molecule has 0 atom stereocenters. The van der Waals surface area contributed by atoms with Crippen LogP contribution in [0.15, 0.2) is 0 Å². The van der Waals surface area contributed by atoms with Gasteiger partial charge < -0.3 is 10.2 Å². The summed E-state index contributed by atoms with van der Waals surface area (Å²) in [7, 11) is 0. The Labute approximate surface area is 121 Å². The Bertz CT molecular complexity index is 356. The Morgan fingerprint density at radius 2 is 1.70 bits per heavy atom. The van der Waals surface area contributed by atoms with Gasteiger partial charge in [-0.05, 0) is 19.8 Å². The highest BCUT2D eigenvalue weighted by atomic mass is 16.2. The molecule has 0 spiro atoms. The van der Waals surface area contributed by atoms with Gasteiger partial charge in [0.1, 0.15) is 0 Å². The van der Waals surface area contributed by atoms with Crippen molar-refractivity contribution in [3.63, 3.8) is 0 Å². The average Bonchev–Trinajstić information content (AvgIpc) is 2.87. The van der Waals surface area contributed by atoms with Crippen molar-refractivity contribution in [1.29, 1.82) is 0 Å². The summed E-state index contributed by atoms with van der Waals surface area (Å²) in [4.78, 5) is 28.3. The molecule has 0 unspecified atom stereocenters. The number of piperazine rings is 1. The molecule has 114 valence electrons. The van der Waals surface area contributed by atoms with Crippen molar-refractivity contribution in [2.75, 3.05) is 39.3 Å². The van der Waals surface area contributed by atoms with Crippen LogP contribution in [0.25, 0.3) is 0 Å². The molecule has 2 fully saturated rings. The Morgan fingerprint density at radius 1 is 1.10 bits per heavy atom. The van der Waals surface area contributed by atoms with Crippen LogP contribution in [0.4, 0.5) is 0 Å². The fourth-order valence-electron chi connectivity index (χ4n) is 3.32. The molecule has 1 aliphatic heterocycles. The summed E-state index contributed by atoms with van der Waals surface area (Å²) in [5, 5.41) is 2.82. The molecule has 0 aromatic heterocycles. The Morgan fingerprint density at radius 3 is 2.25 bits per heavy atom. The van der Waals surface area contributed by atoms with E-state index < -0.39 is 0 Å². The first-order valence-corrected chi connectivity index (χ1v) is 7.83. The number of carbonyl (C=O) groups excluding carboxylic acids is 2. The SMILES string of the molecule is CCNC(=O)CN1CCN(C(=O)C2(C)CCCC2)CC1. The van der Waals surface area contributed by atoms with Gasteiger partial charge in [0.05, 0.1) is 6.54 Å². The van der Waals surface area contributed by atoms with E-state index in [1.165, 1.54) is 12.8 Å². The maximum atomic E-state index is 12.6. The third-order valence-corrected chi connectivity index (χ3v) is 4.62. The minimum atomic E-state index is -0.123. The van der Waals surface area contributed by atoms with Crippen molar-refractivity contribution >= 4 is 11.8 Å². The number of nitrogens with zero attached hydrogens (tertiary/aromatic N) is 2. The van der Waals surface area contributed by atoms with Gasteiger partial charge in [0, 0.05) is 38.1 Å². The van der Waals surface area contributed by atoms with Gasteiger partial charge in [-0.2, -0.15) is 0 Å². The topological polar surface area (TPSA) is 52.7 Å². The van der Waals surface area contributed by atoms with Crippen LogP contribution >= 0.6 is 0 Å². The van der Waals surface area contributed by atoms with Crippen LogP contribution in [-0.4, -0.2) is 60.9 Å². The van der Waals surface area contributed by atoms with Gasteiger partial charge in [0.25, 0.3) is 0 Å². The summed E-state index contributed by atoms with van der Waals surface area (Å²) in [5.74, 6) is 0.405. The molecule has 20 heavy (non-hydrogen) atoms. The van der Waals surface area contributed by atoms with E-state index in [-0.39, 0.29) is 11.3 Å². The molecule has 5 nitrogen and oxygen atoms in total. The van der Waals surface area contributed by atoms with E-state index in [9.17, 15) is 9.59 Å². The van der Waals surface area contributed by atoms with Gasteiger partial charge in [-0.3, -0.25) is 14.5 Å². The van der Waals surface area contributed by atoms with Crippen molar-refractivity contribution < 1.29 is 9.59 Å². The summed E-state index contributed by atoms with van der Waals surface area (Å²) in [6, 6.07) is 0. The summed E-state index contributed by atoms with van der Waals surface area (Å²) in [5.41, 5.74) is -0.123. The zero-order valence-corrected chi connectivity index (χ0v) is 12.8. The lowest BCUT2D eigenvalue weighted by Gasteiger charge is -2.38. The Hall–Kier alpha value is -1.10. The first-order valence-electron chi connectivity index (χ1n) is 7.83. The molecule has 1 saturated carbocycles. The molecule has 1 aliphatic carbocycles. The Balaban J connectivity index is 1.79. The van der Waals surface area contributed by atoms with E-state index in [0.29, 0.717) is 19.0 Å². The molecule has 2 aliphatic rings. The van der Waals surface area contributed by atoms with E-state index in [2.05, 4.69) is 17.1 Å². The molecular weight excluding hydrogens is 254 g/mol. The smallest absolute Gasteiger partial charge is 0.234 e. The predicted molar refractivity (Wildman–Crippen MR) is 78.3 cm³/mol. The molecule has 5 heteroatoms. The van der Waals surface area contributed by atoms with Crippen molar-refractivity contribution in [2.45, 2.75) is 39.5 Å². The zero-order valence-electron chi connectivity index (χ0n) is 12.8. The minimum Gasteiger partial charge on any atom is -0.355 e. The second-order valence-electron chi connectivity index (χ2n) is 6.29. The van der Waals surface area contributed by atoms with Gasteiger partial charge in [-0.1, -0.05) is 19.8 Å². The number of likely N-dealkylation sites (N-methyl/N-ethyl adjacent to an activating group) is 1. The minimum absolute atomic E-state index is 0.0787. The highest BCUT2D eigenvalue weighted by molar-refractivity contribution is 5.83. The van der Waals surface area contributed by atoms with Crippen LogP contribution in [-0.2, 0) is 9.59 Å². The maximum absolute atomic E-state index is 12.6. The molecule has 1 heterocycles. The molecule has 2 rings (SSSR count). The molecule has 0 aromatic carbocycles. The van der Waals surface area contributed by atoms with Crippen molar-refractivity contribution in [1.82, 2.24) is 15.1 Å². The monoisotopic (exact) mass is 281 g/mol. The lowest BCUT2D eigenvalue weighted by atomic mass is 9.87. The number of carbonyl (C=O) groups is 2. The zero-order chi connectivity index (χ0) is 14.6. The number of amides is 2. The number of nitrogens with one attached hydrogen (secondary N) is 1. The number of hydrogen-bond donors (Lipinski definition) is 1. The summed E-state index contributed by atoms with van der Waals surface area (Å²) < 4.78 is 0. The summed E-state index contributed by atoms with van der Waals surface area (Å²) >= 11 is 0. The van der Waals surface area contributed by atoms with Gasteiger partial charge in [0.2, 0.25) is 11.8 Å². The van der Waals surface area contributed by atoms with E-state index >= 15 is 0 Å². The van der Waals surface area contributed by atoms with Gasteiger partial charge >= 0.3 is 0 Å². The third-order valence-electron chi connectivity index (χ3n) is 4.62. The van der Waals surface area contributed by atoms with Crippen molar-refractivity contribution in [3.05, 3.63) is 0 Å². The van der Waals surface area contributed by atoms with Crippen molar-refractivity contribution in [2.24, 2.45) is 5.41 Å². The fourth-order valence-corrected chi connectivity index (χ4v) is 3.32. The van der Waals surface area contributed by atoms with E-state index in [0.717, 1.165) is 39.0 Å². The molecule has 0 bridgehead atoms.